The maximum absolute atomic E-state index is 12.5. The number of hydrogen-bond donors (Lipinski definition) is 1. The van der Waals surface area contributed by atoms with E-state index in [2.05, 4.69) is 27.7 Å². The monoisotopic (exact) mass is 487 g/mol. The molecule has 0 bridgehead atoms. The van der Waals surface area contributed by atoms with E-state index in [0.717, 1.165) is 80.7 Å². The fraction of sp³-hybridized carbons (Fsp3) is 0.968. The van der Waals surface area contributed by atoms with Crippen LogP contribution >= 0.6 is 0 Å². The first-order chi connectivity index (χ1) is 16.8. The van der Waals surface area contributed by atoms with Crippen LogP contribution in [0.5, 0.6) is 0 Å². The maximum Gasteiger partial charge on any atom is 0.409 e. The molecule has 4 saturated carbocycles. The van der Waals surface area contributed by atoms with Gasteiger partial charge in [-0.05, 0) is 129 Å². The van der Waals surface area contributed by atoms with Gasteiger partial charge in [0.1, 0.15) is 0 Å². The zero-order valence-corrected chi connectivity index (χ0v) is 23.1. The van der Waals surface area contributed by atoms with E-state index in [4.69, 9.17) is 4.74 Å². The Morgan fingerprint density at radius 3 is 2.43 bits per heavy atom. The number of hydrogen-bond acceptors (Lipinski definition) is 3. The Balaban J connectivity index is 1.23. The number of ether oxygens (including phenoxy) is 1. The second-order valence-corrected chi connectivity index (χ2v) is 14.0. The number of amides is 1. The number of carbonyl (C=O) groups is 1. The number of piperidine rings is 1. The van der Waals surface area contributed by atoms with Crippen LogP contribution in [0.1, 0.15) is 111 Å². The van der Waals surface area contributed by atoms with Gasteiger partial charge in [-0.25, -0.2) is 4.79 Å². The van der Waals surface area contributed by atoms with Crippen LogP contribution < -0.4 is 0 Å². The fourth-order valence-corrected chi connectivity index (χ4v) is 10.6. The molecule has 0 radical (unpaired) electrons. The molecular formula is C31H53NO3. The third-order valence-electron chi connectivity index (χ3n) is 12.5. The van der Waals surface area contributed by atoms with Gasteiger partial charge in [0.05, 0.1) is 12.7 Å². The van der Waals surface area contributed by atoms with Crippen LogP contribution in [0.3, 0.4) is 0 Å². The van der Waals surface area contributed by atoms with E-state index in [9.17, 15) is 9.90 Å². The van der Waals surface area contributed by atoms with E-state index in [0.29, 0.717) is 23.4 Å². The Labute approximate surface area is 214 Å². The summed E-state index contributed by atoms with van der Waals surface area (Å²) < 4.78 is 5.74. The third-order valence-corrected chi connectivity index (χ3v) is 12.5. The normalized spacial score (nSPS) is 46.3. The minimum absolute atomic E-state index is 0.0618. The third kappa shape index (κ3) is 4.57. The number of nitrogens with zero attached hydrogens (tertiary/aromatic N) is 1. The van der Waals surface area contributed by atoms with Crippen LogP contribution in [0.4, 0.5) is 4.79 Å². The molecular weight excluding hydrogens is 434 g/mol. The van der Waals surface area contributed by atoms with Crippen molar-refractivity contribution in [3.05, 3.63) is 0 Å². The van der Waals surface area contributed by atoms with Gasteiger partial charge in [0.25, 0.3) is 0 Å². The number of likely N-dealkylation sites (tertiary alicyclic amines) is 1. The van der Waals surface area contributed by atoms with Crippen LogP contribution in [0.15, 0.2) is 0 Å². The van der Waals surface area contributed by atoms with Crippen LogP contribution in [0, 0.1) is 52.3 Å². The highest BCUT2D eigenvalue weighted by Gasteiger charge is 2.62. The number of aliphatic hydroxyl groups is 1. The molecule has 5 aliphatic rings. The van der Waals surface area contributed by atoms with Crippen LogP contribution in [0.2, 0.25) is 0 Å². The van der Waals surface area contributed by atoms with Crippen LogP contribution in [-0.4, -0.2) is 41.9 Å². The Morgan fingerprint density at radius 2 is 1.69 bits per heavy atom. The summed E-state index contributed by atoms with van der Waals surface area (Å²) in [4.78, 5) is 14.4. The van der Waals surface area contributed by atoms with Gasteiger partial charge in [0, 0.05) is 13.1 Å². The molecule has 35 heavy (non-hydrogen) atoms. The average molecular weight is 488 g/mol. The average Bonchev–Trinajstić information content (AvgIpc) is 3.22. The smallest absolute Gasteiger partial charge is 0.409 e. The minimum atomic E-state index is -0.0823. The number of fused-ring (bicyclic) bond motifs is 5. The van der Waals surface area contributed by atoms with Gasteiger partial charge in [0.2, 0.25) is 0 Å². The molecule has 0 unspecified atom stereocenters. The fourth-order valence-electron chi connectivity index (χ4n) is 10.6. The summed E-state index contributed by atoms with van der Waals surface area (Å²) in [5.74, 6) is 5.51. The van der Waals surface area contributed by atoms with Crippen LogP contribution in [0.25, 0.3) is 0 Å². The van der Waals surface area contributed by atoms with Crippen molar-refractivity contribution in [1.82, 2.24) is 4.90 Å². The Bertz CT molecular complexity index is 750. The lowest BCUT2D eigenvalue weighted by atomic mass is 9.42. The first-order valence-electron chi connectivity index (χ1n) is 15.4. The summed E-state index contributed by atoms with van der Waals surface area (Å²) >= 11 is 0. The number of aliphatic hydroxyl groups excluding tert-OH is 1. The molecule has 1 heterocycles. The van der Waals surface area contributed by atoms with Gasteiger partial charge in [-0.1, -0.05) is 34.1 Å². The Morgan fingerprint density at radius 1 is 0.971 bits per heavy atom. The number of rotatable bonds is 5. The SMILES string of the molecule is CC[C@H]1C[C@@H]2[C@H](CC[C@]3(C)[C@@H]([C@H](C)CCOC(=O)N4CCCCC4)CC[C@@H]23)[C@@]2(C)CC[C@@H](O)C[C@@H]12. The predicted octanol–water partition coefficient (Wildman–Crippen LogP) is 7.29. The summed E-state index contributed by atoms with van der Waals surface area (Å²) in [6.45, 7) is 12.4. The molecule has 0 aromatic rings. The topological polar surface area (TPSA) is 49.8 Å². The predicted molar refractivity (Wildman–Crippen MR) is 141 cm³/mol. The molecule has 5 fully saturated rings. The van der Waals surface area contributed by atoms with Crippen molar-refractivity contribution < 1.29 is 14.6 Å². The summed E-state index contributed by atoms with van der Waals surface area (Å²) in [5.41, 5.74) is 0.893. The Hall–Kier alpha value is -0.770. The highest BCUT2D eigenvalue weighted by molar-refractivity contribution is 5.67. The maximum atomic E-state index is 12.5. The molecule has 1 aliphatic heterocycles. The van der Waals surface area contributed by atoms with Gasteiger partial charge in [0.15, 0.2) is 0 Å². The first-order valence-corrected chi connectivity index (χ1v) is 15.4. The van der Waals surface area contributed by atoms with Gasteiger partial charge >= 0.3 is 6.09 Å². The van der Waals surface area contributed by atoms with Gasteiger partial charge in [-0.2, -0.15) is 0 Å². The molecule has 10 atom stereocenters. The lowest BCUT2D eigenvalue weighted by Crippen LogP contribution is -2.56. The zero-order chi connectivity index (χ0) is 24.8. The van der Waals surface area contributed by atoms with Gasteiger partial charge in [-0.15, -0.1) is 0 Å². The van der Waals surface area contributed by atoms with Crippen molar-refractivity contribution in [3.63, 3.8) is 0 Å². The summed E-state index contributed by atoms with van der Waals surface area (Å²) in [7, 11) is 0. The van der Waals surface area contributed by atoms with E-state index < -0.39 is 0 Å². The quantitative estimate of drug-likeness (QED) is 0.443. The highest BCUT2D eigenvalue weighted by atomic mass is 16.6. The summed E-state index contributed by atoms with van der Waals surface area (Å²) in [6.07, 6.45) is 15.9. The first kappa shape index (κ1) is 25.9. The van der Waals surface area contributed by atoms with Crippen molar-refractivity contribution in [2.24, 2.45) is 52.3 Å². The molecule has 0 aromatic carbocycles. The molecule has 1 saturated heterocycles. The van der Waals surface area contributed by atoms with E-state index in [1.54, 1.807) is 0 Å². The zero-order valence-electron chi connectivity index (χ0n) is 23.1. The largest absolute Gasteiger partial charge is 0.449 e. The molecule has 0 aromatic heterocycles. The summed E-state index contributed by atoms with van der Waals surface area (Å²) in [6, 6.07) is 0. The molecule has 4 aliphatic carbocycles. The van der Waals surface area contributed by atoms with E-state index >= 15 is 0 Å². The lowest BCUT2D eigenvalue weighted by molar-refractivity contribution is -0.152. The molecule has 0 spiro atoms. The highest BCUT2D eigenvalue weighted by Crippen LogP contribution is 2.69. The Kier molecular flexibility index (Phi) is 7.52. The van der Waals surface area contributed by atoms with Crippen molar-refractivity contribution in [2.45, 2.75) is 117 Å². The van der Waals surface area contributed by atoms with Gasteiger partial charge in [-0.3, -0.25) is 0 Å². The van der Waals surface area contributed by atoms with Gasteiger partial charge < -0.3 is 14.7 Å². The molecule has 200 valence electrons. The van der Waals surface area contributed by atoms with E-state index in [1.165, 1.54) is 51.4 Å². The number of carbonyl (C=O) groups excluding carboxylic acids is 1. The van der Waals surface area contributed by atoms with Crippen molar-refractivity contribution >= 4 is 6.09 Å². The molecule has 1 amide bonds. The second kappa shape index (κ2) is 10.2. The molecule has 5 rings (SSSR count). The molecule has 4 nitrogen and oxygen atoms in total. The molecule has 4 heteroatoms. The lowest BCUT2D eigenvalue weighted by Gasteiger charge is -2.63. The molecule has 1 N–H and O–H groups in total. The van der Waals surface area contributed by atoms with Crippen molar-refractivity contribution in [3.8, 4) is 0 Å². The van der Waals surface area contributed by atoms with E-state index in [-0.39, 0.29) is 12.2 Å². The van der Waals surface area contributed by atoms with Crippen molar-refractivity contribution in [2.75, 3.05) is 19.7 Å². The van der Waals surface area contributed by atoms with Crippen molar-refractivity contribution in [1.29, 1.82) is 0 Å². The second-order valence-electron chi connectivity index (χ2n) is 14.0. The standard InChI is InChI=1S/C31H53NO3/c1-5-22-19-24-26-10-9-25(21(2)13-18-35-29(34)32-16-7-6-8-17-32)30(26,3)15-12-27(24)31(4)14-11-23(33)20-28(22)31/h21-28,33H,5-20H2,1-4H3/t21-,22+,23-,24+,25-,26+,27+,28+,30-,31-/m1/s1. The van der Waals surface area contributed by atoms with E-state index in [1.807, 2.05) is 4.90 Å². The minimum Gasteiger partial charge on any atom is -0.449 e. The summed E-state index contributed by atoms with van der Waals surface area (Å²) in [5, 5.41) is 10.5. The van der Waals surface area contributed by atoms with Crippen LogP contribution in [-0.2, 0) is 4.74 Å².